The van der Waals surface area contributed by atoms with Crippen molar-refractivity contribution >= 4 is 5.97 Å². The highest BCUT2D eigenvalue weighted by Crippen LogP contribution is 2.25. The van der Waals surface area contributed by atoms with E-state index < -0.39 is 5.97 Å². The third kappa shape index (κ3) is 8.33. The Labute approximate surface area is 122 Å². The Morgan fingerprint density at radius 3 is 2.80 bits per heavy atom. The summed E-state index contributed by atoms with van der Waals surface area (Å²) in [5, 5.41) is 8.63. The molecule has 4 heteroatoms. The van der Waals surface area contributed by atoms with Crippen LogP contribution in [0.4, 0.5) is 0 Å². The van der Waals surface area contributed by atoms with Crippen LogP contribution >= 0.6 is 0 Å². The van der Waals surface area contributed by atoms with E-state index in [4.69, 9.17) is 14.6 Å². The molecule has 0 amide bonds. The summed E-state index contributed by atoms with van der Waals surface area (Å²) >= 11 is 0. The maximum atomic E-state index is 10.5. The minimum atomic E-state index is -0.876. The molecule has 0 saturated carbocycles. The molecular formula is C16H28O4. The van der Waals surface area contributed by atoms with Crippen molar-refractivity contribution < 1.29 is 19.4 Å². The fraction of sp³-hybridized carbons (Fsp3) is 0.812. The van der Waals surface area contributed by atoms with Crippen molar-refractivity contribution in [1.29, 1.82) is 0 Å². The molecule has 0 radical (unpaired) electrons. The van der Waals surface area contributed by atoms with Gasteiger partial charge in [-0.3, -0.25) is 0 Å². The van der Waals surface area contributed by atoms with Crippen molar-refractivity contribution in [3.8, 4) is 0 Å². The van der Waals surface area contributed by atoms with Gasteiger partial charge in [0.05, 0.1) is 0 Å². The molecular weight excluding hydrogens is 256 g/mol. The topological polar surface area (TPSA) is 55.8 Å². The zero-order valence-electron chi connectivity index (χ0n) is 12.8. The molecule has 1 N–H and O–H groups in total. The first kappa shape index (κ1) is 17.2. The van der Waals surface area contributed by atoms with Gasteiger partial charge in [0.15, 0.2) is 6.29 Å². The van der Waals surface area contributed by atoms with E-state index in [1.807, 2.05) is 0 Å². The lowest BCUT2D eigenvalue weighted by Crippen LogP contribution is -2.22. The van der Waals surface area contributed by atoms with Crippen LogP contribution in [-0.4, -0.2) is 30.6 Å². The summed E-state index contributed by atoms with van der Waals surface area (Å²) in [4.78, 5) is 10.5. The molecule has 1 saturated heterocycles. The summed E-state index contributed by atoms with van der Waals surface area (Å²) in [6.07, 6.45) is 10.6. The fourth-order valence-corrected chi connectivity index (χ4v) is 2.30. The fourth-order valence-electron chi connectivity index (χ4n) is 2.30. The number of ether oxygens (including phenoxy) is 2. The molecule has 0 aliphatic carbocycles. The van der Waals surface area contributed by atoms with Crippen LogP contribution in [0, 0.1) is 5.41 Å². The van der Waals surface area contributed by atoms with E-state index in [0.29, 0.717) is 0 Å². The van der Waals surface area contributed by atoms with Crippen LogP contribution in [-0.2, 0) is 14.3 Å². The van der Waals surface area contributed by atoms with Gasteiger partial charge < -0.3 is 14.6 Å². The standard InChI is InChI=1S/C16H28O4/c1-16(2,11-9-14(17)18)10-5-3-6-12-19-15-8-4-7-13-20-15/h9,11,15H,3-8,10,12-13H2,1-2H3,(H,17,18). The van der Waals surface area contributed by atoms with Gasteiger partial charge in [-0.2, -0.15) is 0 Å². The quantitative estimate of drug-likeness (QED) is 0.517. The molecule has 116 valence electrons. The average molecular weight is 284 g/mol. The number of rotatable bonds is 9. The Hall–Kier alpha value is -0.870. The van der Waals surface area contributed by atoms with E-state index in [1.54, 1.807) is 6.08 Å². The number of unbranched alkanes of at least 4 members (excludes halogenated alkanes) is 2. The minimum absolute atomic E-state index is 0.0127. The summed E-state index contributed by atoms with van der Waals surface area (Å²) < 4.78 is 11.2. The predicted molar refractivity (Wildman–Crippen MR) is 78.6 cm³/mol. The van der Waals surface area contributed by atoms with Crippen molar-refractivity contribution in [2.75, 3.05) is 13.2 Å². The highest BCUT2D eigenvalue weighted by atomic mass is 16.7. The average Bonchev–Trinajstić information content (AvgIpc) is 2.42. The lowest BCUT2D eigenvalue weighted by Gasteiger charge is -2.23. The second-order valence-corrected chi connectivity index (χ2v) is 6.14. The third-order valence-electron chi connectivity index (χ3n) is 3.58. The molecule has 4 nitrogen and oxygen atoms in total. The molecule has 0 aromatic rings. The van der Waals surface area contributed by atoms with Crippen LogP contribution in [0.15, 0.2) is 12.2 Å². The maximum Gasteiger partial charge on any atom is 0.327 e. The normalized spacial score (nSPS) is 20.4. The molecule has 1 aliphatic heterocycles. The molecule has 1 heterocycles. The first-order chi connectivity index (χ1) is 9.49. The van der Waals surface area contributed by atoms with Gasteiger partial charge >= 0.3 is 5.97 Å². The second kappa shape index (κ2) is 9.14. The van der Waals surface area contributed by atoms with Crippen LogP contribution in [0.25, 0.3) is 0 Å². The van der Waals surface area contributed by atoms with Gasteiger partial charge in [-0.05, 0) is 37.5 Å². The predicted octanol–water partition coefficient (Wildman–Crippen LogP) is 3.76. The molecule has 0 bridgehead atoms. The zero-order chi connectivity index (χ0) is 14.8. The largest absolute Gasteiger partial charge is 0.478 e. The highest BCUT2D eigenvalue weighted by Gasteiger charge is 2.15. The van der Waals surface area contributed by atoms with Gasteiger partial charge in [0.25, 0.3) is 0 Å². The number of carboxylic acid groups (broad SMARTS) is 1. The van der Waals surface area contributed by atoms with E-state index in [-0.39, 0.29) is 11.7 Å². The number of allylic oxidation sites excluding steroid dienone is 1. The zero-order valence-corrected chi connectivity index (χ0v) is 12.8. The van der Waals surface area contributed by atoms with Gasteiger partial charge in [-0.1, -0.05) is 32.8 Å². The number of hydrogen-bond donors (Lipinski definition) is 1. The summed E-state index contributed by atoms with van der Waals surface area (Å²) in [5.74, 6) is -0.876. The van der Waals surface area contributed by atoms with Gasteiger partial charge in [0, 0.05) is 19.3 Å². The van der Waals surface area contributed by atoms with Crippen LogP contribution in [0.2, 0.25) is 0 Å². The Balaban J connectivity index is 2.02. The lowest BCUT2D eigenvalue weighted by atomic mass is 9.86. The van der Waals surface area contributed by atoms with E-state index in [9.17, 15) is 4.79 Å². The summed E-state index contributed by atoms with van der Waals surface area (Å²) in [6.45, 7) is 5.72. The molecule has 1 aliphatic rings. The lowest BCUT2D eigenvalue weighted by molar-refractivity contribution is -0.162. The first-order valence-electron chi connectivity index (χ1n) is 7.65. The third-order valence-corrected chi connectivity index (χ3v) is 3.58. The summed E-state index contributed by atoms with van der Waals surface area (Å²) in [6, 6.07) is 0. The number of carboxylic acids is 1. The van der Waals surface area contributed by atoms with E-state index in [1.165, 1.54) is 12.5 Å². The molecule has 1 atom stereocenters. The number of aliphatic carboxylic acids is 1. The van der Waals surface area contributed by atoms with Crippen LogP contribution in [0.1, 0.15) is 58.8 Å². The molecule has 1 fully saturated rings. The molecule has 20 heavy (non-hydrogen) atoms. The Morgan fingerprint density at radius 1 is 1.35 bits per heavy atom. The van der Waals surface area contributed by atoms with Crippen molar-refractivity contribution in [3.05, 3.63) is 12.2 Å². The van der Waals surface area contributed by atoms with Gasteiger partial charge in [-0.25, -0.2) is 4.79 Å². The number of hydrogen-bond acceptors (Lipinski definition) is 3. The van der Waals surface area contributed by atoms with Crippen molar-refractivity contribution in [2.24, 2.45) is 5.41 Å². The van der Waals surface area contributed by atoms with Crippen molar-refractivity contribution in [3.63, 3.8) is 0 Å². The second-order valence-electron chi connectivity index (χ2n) is 6.14. The highest BCUT2D eigenvalue weighted by molar-refractivity contribution is 5.79. The summed E-state index contributed by atoms with van der Waals surface area (Å²) in [5.41, 5.74) is -0.0499. The maximum absolute atomic E-state index is 10.5. The van der Waals surface area contributed by atoms with E-state index in [2.05, 4.69) is 13.8 Å². The molecule has 0 aromatic carbocycles. The number of carbonyl (C=O) groups is 1. The minimum Gasteiger partial charge on any atom is -0.478 e. The Morgan fingerprint density at radius 2 is 2.15 bits per heavy atom. The van der Waals surface area contributed by atoms with E-state index in [0.717, 1.165) is 51.7 Å². The van der Waals surface area contributed by atoms with Crippen LogP contribution < -0.4 is 0 Å². The Kier molecular flexibility index (Phi) is 7.85. The van der Waals surface area contributed by atoms with E-state index >= 15 is 0 Å². The monoisotopic (exact) mass is 284 g/mol. The van der Waals surface area contributed by atoms with Gasteiger partial charge in [0.2, 0.25) is 0 Å². The SMILES string of the molecule is CC(C)(C=CC(=O)O)CCCCCOC1CCCCO1. The van der Waals surface area contributed by atoms with Gasteiger partial charge in [-0.15, -0.1) is 0 Å². The molecule has 1 rings (SSSR count). The first-order valence-corrected chi connectivity index (χ1v) is 7.65. The van der Waals surface area contributed by atoms with Crippen molar-refractivity contribution in [2.45, 2.75) is 65.1 Å². The van der Waals surface area contributed by atoms with Crippen molar-refractivity contribution in [1.82, 2.24) is 0 Å². The van der Waals surface area contributed by atoms with Crippen LogP contribution in [0.3, 0.4) is 0 Å². The smallest absolute Gasteiger partial charge is 0.327 e. The Bertz CT molecular complexity index is 304. The molecule has 0 spiro atoms. The molecule has 1 unspecified atom stereocenters. The molecule has 0 aromatic heterocycles. The summed E-state index contributed by atoms with van der Waals surface area (Å²) in [7, 11) is 0. The van der Waals surface area contributed by atoms with Gasteiger partial charge in [0.1, 0.15) is 0 Å². The van der Waals surface area contributed by atoms with Crippen LogP contribution in [0.5, 0.6) is 0 Å².